The summed E-state index contributed by atoms with van der Waals surface area (Å²) in [5.74, 6) is 2.36. The van der Waals surface area contributed by atoms with Crippen LogP contribution in [0.5, 0.6) is 0 Å². The van der Waals surface area contributed by atoms with Gasteiger partial charge in [-0.05, 0) is 64.0 Å². The maximum atomic E-state index is 13.5. The van der Waals surface area contributed by atoms with E-state index in [4.69, 9.17) is 9.52 Å². The van der Waals surface area contributed by atoms with Crippen LogP contribution < -0.4 is 9.62 Å². The first-order chi connectivity index (χ1) is 18.2. The number of hydrogen-bond acceptors (Lipinski definition) is 7. The van der Waals surface area contributed by atoms with Crippen LogP contribution in [-0.2, 0) is 14.8 Å². The molecule has 10 heteroatoms. The standard InChI is InChI=1S/C28H39N5O4S/c1-4-5-12-25-29-28(15-8-9-16-28)27(34)33(25)19-22-13-17-32(18-14-22)23-10-6-7-11-24(23)38(35,36)31-26-20(2)21(3)37-30-26/h6-7,10-11,22H,4-5,8-9,12-19H2,1-3H3,(H,30,31). The number of amidine groups is 1. The van der Waals surface area contributed by atoms with Crippen LogP contribution in [0.1, 0.15) is 76.0 Å². The summed E-state index contributed by atoms with van der Waals surface area (Å²) >= 11 is 0. The van der Waals surface area contributed by atoms with Gasteiger partial charge in [-0.2, -0.15) is 0 Å². The number of rotatable bonds is 9. The van der Waals surface area contributed by atoms with Gasteiger partial charge >= 0.3 is 0 Å². The molecule has 2 aromatic rings. The Labute approximate surface area is 225 Å². The summed E-state index contributed by atoms with van der Waals surface area (Å²) in [7, 11) is -3.85. The number of nitrogens with one attached hydrogen (secondary N) is 1. The molecule has 1 aliphatic carbocycles. The fourth-order valence-corrected chi connectivity index (χ4v) is 7.26. The number of unbranched alkanes of at least 4 members (excludes halogenated alkanes) is 1. The summed E-state index contributed by atoms with van der Waals surface area (Å²) in [5, 5.41) is 3.86. The van der Waals surface area contributed by atoms with E-state index in [1.807, 2.05) is 17.0 Å². The lowest BCUT2D eigenvalue weighted by molar-refractivity contribution is -0.131. The van der Waals surface area contributed by atoms with E-state index < -0.39 is 15.6 Å². The highest BCUT2D eigenvalue weighted by Crippen LogP contribution is 2.40. The Balaban J connectivity index is 1.27. The van der Waals surface area contributed by atoms with Gasteiger partial charge < -0.3 is 9.42 Å². The molecule has 2 aliphatic heterocycles. The zero-order chi connectivity index (χ0) is 26.9. The Bertz CT molecular complexity index is 1300. The molecule has 1 aromatic carbocycles. The second-order valence-electron chi connectivity index (χ2n) is 11.0. The predicted molar refractivity (Wildman–Crippen MR) is 148 cm³/mol. The lowest BCUT2D eigenvalue weighted by atomic mass is 9.94. The lowest BCUT2D eigenvalue weighted by Gasteiger charge is -2.36. The third-order valence-electron chi connectivity index (χ3n) is 8.42. The van der Waals surface area contributed by atoms with Gasteiger partial charge in [0.1, 0.15) is 22.0 Å². The fraction of sp³-hybridized carbons (Fsp3) is 0.607. The molecule has 1 saturated heterocycles. The van der Waals surface area contributed by atoms with E-state index in [9.17, 15) is 13.2 Å². The number of sulfonamides is 1. The van der Waals surface area contributed by atoms with Crippen molar-refractivity contribution < 1.29 is 17.7 Å². The minimum absolute atomic E-state index is 0.212. The van der Waals surface area contributed by atoms with Crippen LogP contribution >= 0.6 is 0 Å². The number of amides is 1. The maximum Gasteiger partial charge on any atom is 0.265 e. The quantitative estimate of drug-likeness (QED) is 0.476. The summed E-state index contributed by atoms with van der Waals surface area (Å²) in [6.45, 7) is 7.87. The highest BCUT2D eigenvalue weighted by atomic mass is 32.2. The second kappa shape index (κ2) is 10.7. The molecule has 0 radical (unpaired) electrons. The number of aromatic nitrogens is 1. The lowest BCUT2D eigenvalue weighted by Crippen LogP contribution is -2.45. The van der Waals surface area contributed by atoms with E-state index in [1.54, 1.807) is 26.0 Å². The van der Waals surface area contributed by atoms with Gasteiger partial charge in [0.05, 0.1) is 5.69 Å². The molecule has 1 spiro atoms. The highest BCUT2D eigenvalue weighted by molar-refractivity contribution is 7.92. The van der Waals surface area contributed by atoms with Gasteiger partial charge in [0.15, 0.2) is 5.82 Å². The average molecular weight is 542 g/mol. The molecule has 2 fully saturated rings. The van der Waals surface area contributed by atoms with Crippen molar-refractivity contribution in [2.24, 2.45) is 10.9 Å². The third-order valence-corrected chi connectivity index (χ3v) is 9.81. The first kappa shape index (κ1) is 26.7. The maximum absolute atomic E-state index is 13.5. The topological polar surface area (TPSA) is 108 Å². The van der Waals surface area contributed by atoms with Crippen LogP contribution in [0.15, 0.2) is 38.7 Å². The third kappa shape index (κ3) is 5.07. The van der Waals surface area contributed by atoms with E-state index >= 15 is 0 Å². The zero-order valence-corrected chi connectivity index (χ0v) is 23.5. The second-order valence-corrected chi connectivity index (χ2v) is 12.7. The monoisotopic (exact) mass is 541 g/mol. The minimum Gasteiger partial charge on any atom is -0.370 e. The number of hydrogen-bond donors (Lipinski definition) is 1. The number of nitrogens with zero attached hydrogens (tertiary/aromatic N) is 4. The van der Waals surface area contributed by atoms with Crippen molar-refractivity contribution in [3.63, 3.8) is 0 Å². The van der Waals surface area contributed by atoms with Crippen LogP contribution in [0.25, 0.3) is 0 Å². The average Bonchev–Trinajstić information content (AvgIpc) is 3.59. The smallest absolute Gasteiger partial charge is 0.265 e. The van der Waals surface area contributed by atoms with E-state index in [0.29, 0.717) is 29.5 Å². The summed E-state index contributed by atoms with van der Waals surface area (Å²) in [4.78, 5) is 22.9. The van der Waals surface area contributed by atoms with Gasteiger partial charge in [-0.15, -0.1) is 0 Å². The normalized spacial score (nSPS) is 20.0. The van der Waals surface area contributed by atoms with Crippen molar-refractivity contribution in [1.82, 2.24) is 10.1 Å². The molecule has 1 N–H and O–H groups in total. The molecule has 38 heavy (non-hydrogen) atoms. The number of carbonyl (C=O) groups is 1. The number of para-hydroxylation sites is 1. The van der Waals surface area contributed by atoms with Gasteiger partial charge in [-0.1, -0.05) is 43.5 Å². The molecule has 3 heterocycles. The van der Waals surface area contributed by atoms with Crippen LogP contribution in [0.3, 0.4) is 0 Å². The molecule has 0 atom stereocenters. The van der Waals surface area contributed by atoms with Crippen LogP contribution in [0, 0.1) is 19.8 Å². The van der Waals surface area contributed by atoms with E-state index in [1.165, 1.54) is 0 Å². The number of aryl methyl sites for hydroxylation is 1. The molecule has 3 aliphatic rings. The Kier molecular flexibility index (Phi) is 7.53. The van der Waals surface area contributed by atoms with Crippen molar-refractivity contribution >= 4 is 33.3 Å². The summed E-state index contributed by atoms with van der Waals surface area (Å²) in [5.41, 5.74) is 0.860. The largest absolute Gasteiger partial charge is 0.370 e. The number of piperidine rings is 1. The van der Waals surface area contributed by atoms with Gasteiger partial charge in [0, 0.05) is 31.6 Å². The summed E-state index contributed by atoms with van der Waals surface area (Å²) in [6.07, 6.45) is 8.69. The molecule has 1 aromatic heterocycles. The molecule has 9 nitrogen and oxygen atoms in total. The Morgan fingerprint density at radius 2 is 1.84 bits per heavy atom. The van der Waals surface area contributed by atoms with Crippen LogP contribution in [0.2, 0.25) is 0 Å². The highest BCUT2D eigenvalue weighted by Gasteiger charge is 2.49. The molecular weight excluding hydrogens is 502 g/mol. The molecule has 1 amide bonds. The summed E-state index contributed by atoms with van der Waals surface area (Å²) < 4.78 is 34.4. The van der Waals surface area contributed by atoms with Crippen molar-refractivity contribution in [3.05, 3.63) is 35.6 Å². The van der Waals surface area contributed by atoms with E-state index in [0.717, 1.165) is 76.7 Å². The Morgan fingerprint density at radius 1 is 1.13 bits per heavy atom. The number of anilines is 2. The summed E-state index contributed by atoms with van der Waals surface area (Å²) in [6, 6.07) is 7.10. The minimum atomic E-state index is -3.85. The number of aliphatic imine (C=N–C) groups is 1. The molecule has 5 rings (SSSR count). The fourth-order valence-electron chi connectivity index (χ4n) is 5.98. The van der Waals surface area contributed by atoms with Gasteiger partial charge in [-0.25, -0.2) is 8.42 Å². The van der Waals surface area contributed by atoms with E-state index in [-0.39, 0.29) is 16.6 Å². The molecule has 0 bridgehead atoms. The zero-order valence-electron chi connectivity index (χ0n) is 22.7. The number of carbonyl (C=O) groups excluding carboxylic acids is 1. The van der Waals surface area contributed by atoms with Crippen molar-refractivity contribution in [1.29, 1.82) is 0 Å². The van der Waals surface area contributed by atoms with E-state index in [2.05, 4.69) is 21.7 Å². The number of benzene rings is 1. The molecular formula is C28H39N5O4S. The Morgan fingerprint density at radius 3 is 2.50 bits per heavy atom. The molecule has 206 valence electrons. The van der Waals surface area contributed by atoms with Crippen LogP contribution in [-0.4, -0.2) is 55.4 Å². The van der Waals surface area contributed by atoms with Crippen LogP contribution in [0.4, 0.5) is 11.5 Å². The van der Waals surface area contributed by atoms with Crippen molar-refractivity contribution in [2.45, 2.75) is 89.0 Å². The van der Waals surface area contributed by atoms with Gasteiger partial charge in [0.25, 0.3) is 15.9 Å². The molecule has 1 saturated carbocycles. The Hall–Kier alpha value is -2.88. The first-order valence-corrected chi connectivity index (χ1v) is 15.4. The molecule has 0 unspecified atom stereocenters. The van der Waals surface area contributed by atoms with Crippen molar-refractivity contribution in [3.8, 4) is 0 Å². The van der Waals surface area contributed by atoms with Gasteiger partial charge in [0.2, 0.25) is 0 Å². The SMILES string of the molecule is CCCCC1=NC2(CCCC2)C(=O)N1CC1CCN(c2ccccc2S(=O)(=O)Nc2noc(C)c2C)CC1. The van der Waals surface area contributed by atoms with Crippen molar-refractivity contribution in [2.75, 3.05) is 29.3 Å². The first-order valence-electron chi connectivity index (χ1n) is 13.9. The van der Waals surface area contributed by atoms with Gasteiger partial charge in [-0.3, -0.25) is 19.4 Å². The predicted octanol–water partition coefficient (Wildman–Crippen LogP) is 5.05.